The largest absolute Gasteiger partial charge is 0.372 e. The molecular formula is C26H29Cl2N3O3S. The summed E-state index contributed by atoms with van der Waals surface area (Å²) in [4.78, 5) is 14.9. The predicted octanol–water partition coefficient (Wildman–Crippen LogP) is 5.74. The maximum atomic E-state index is 12.7. The number of hydrogen-bond acceptors (Lipinski definition) is 4. The Morgan fingerprint density at radius 1 is 0.857 bits per heavy atom. The van der Waals surface area contributed by atoms with Crippen LogP contribution in [0.1, 0.15) is 35.3 Å². The number of halogens is 2. The summed E-state index contributed by atoms with van der Waals surface area (Å²) in [6, 6.07) is 19.5. The van der Waals surface area contributed by atoms with Crippen LogP contribution in [0.3, 0.4) is 0 Å². The van der Waals surface area contributed by atoms with Gasteiger partial charge in [-0.2, -0.15) is 0 Å². The molecule has 0 radical (unpaired) electrons. The standard InChI is InChI=1S/C26H29Cl2N3O3S/c1-4-30(5-2)21-13-9-19(10-14-21)17-29-26(32)20-11-15-22(16-12-20)31(35(3,33)34)18-23-24(27)7-6-8-25(23)28/h6-16H,4-5,17-18H2,1-3H3,(H,29,32). The molecule has 1 amide bonds. The molecule has 3 aromatic rings. The van der Waals surface area contributed by atoms with E-state index >= 15 is 0 Å². The molecule has 0 saturated carbocycles. The Labute approximate surface area is 217 Å². The summed E-state index contributed by atoms with van der Waals surface area (Å²) < 4.78 is 26.2. The van der Waals surface area contributed by atoms with E-state index in [-0.39, 0.29) is 12.5 Å². The summed E-state index contributed by atoms with van der Waals surface area (Å²) in [5.41, 5.74) is 3.49. The summed E-state index contributed by atoms with van der Waals surface area (Å²) in [6.45, 7) is 6.47. The highest BCUT2D eigenvalue weighted by molar-refractivity contribution is 7.92. The van der Waals surface area contributed by atoms with Crippen molar-refractivity contribution in [2.75, 3.05) is 28.6 Å². The number of carbonyl (C=O) groups is 1. The van der Waals surface area contributed by atoms with Crippen LogP contribution in [0, 0.1) is 0 Å². The Morgan fingerprint density at radius 2 is 1.40 bits per heavy atom. The second-order valence-corrected chi connectivity index (χ2v) is 10.8. The van der Waals surface area contributed by atoms with Gasteiger partial charge in [0.1, 0.15) is 0 Å². The van der Waals surface area contributed by atoms with E-state index < -0.39 is 10.0 Å². The summed E-state index contributed by atoms with van der Waals surface area (Å²) in [5, 5.41) is 3.67. The Balaban J connectivity index is 1.70. The molecule has 186 valence electrons. The molecule has 6 nitrogen and oxygen atoms in total. The maximum absolute atomic E-state index is 12.7. The highest BCUT2D eigenvalue weighted by Gasteiger charge is 2.21. The van der Waals surface area contributed by atoms with Crippen molar-refractivity contribution in [1.82, 2.24) is 5.32 Å². The van der Waals surface area contributed by atoms with E-state index in [0.717, 1.165) is 30.6 Å². The third-order valence-electron chi connectivity index (χ3n) is 5.70. The molecule has 9 heteroatoms. The first-order chi connectivity index (χ1) is 16.6. The molecule has 0 saturated heterocycles. The van der Waals surface area contributed by atoms with E-state index in [1.165, 1.54) is 4.31 Å². The van der Waals surface area contributed by atoms with Gasteiger partial charge in [0.15, 0.2) is 0 Å². The Kier molecular flexibility index (Phi) is 9.05. The average Bonchev–Trinajstić information content (AvgIpc) is 2.83. The minimum absolute atomic E-state index is 0.0215. The average molecular weight is 535 g/mol. The van der Waals surface area contributed by atoms with Crippen molar-refractivity contribution in [2.24, 2.45) is 0 Å². The SMILES string of the molecule is CCN(CC)c1ccc(CNC(=O)c2ccc(N(Cc3c(Cl)cccc3Cl)S(C)(=O)=O)cc2)cc1. The van der Waals surface area contributed by atoms with Crippen LogP contribution in [0.2, 0.25) is 10.0 Å². The number of carbonyl (C=O) groups excluding carboxylic acids is 1. The lowest BCUT2D eigenvalue weighted by Crippen LogP contribution is -2.29. The summed E-state index contributed by atoms with van der Waals surface area (Å²) in [5.74, 6) is -0.246. The normalized spacial score (nSPS) is 11.2. The lowest BCUT2D eigenvalue weighted by atomic mass is 10.1. The van der Waals surface area contributed by atoms with Gasteiger partial charge < -0.3 is 10.2 Å². The number of benzene rings is 3. The number of rotatable bonds is 10. The van der Waals surface area contributed by atoms with Gasteiger partial charge in [-0.3, -0.25) is 9.10 Å². The van der Waals surface area contributed by atoms with Crippen LogP contribution in [0.5, 0.6) is 0 Å². The number of anilines is 2. The molecule has 0 aliphatic carbocycles. The van der Waals surface area contributed by atoms with E-state index in [0.29, 0.717) is 33.4 Å². The first-order valence-electron chi connectivity index (χ1n) is 11.3. The first kappa shape index (κ1) is 26.9. The second kappa shape index (κ2) is 11.8. The third-order valence-corrected chi connectivity index (χ3v) is 7.55. The van der Waals surface area contributed by atoms with Gasteiger partial charge in [-0.1, -0.05) is 41.4 Å². The van der Waals surface area contributed by atoms with Gasteiger partial charge in [-0.15, -0.1) is 0 Å². The minimum atomic E-state index is -3.63. The van der Waals surface area contributed by atoms with E-state index in [1.54, 1.807) is 42.5 Å². The Bertz CT molecular complexity index is 1240. The summed E-state index contributed by atoms with van der Waals surface area (Å²) >= 11 is 12.5. The molecule has 0 heterocycles. The summed E-state index contributed by atoms with van der Waals surface area (Å²) in [7, 11) is -3.63. The molecule has 3 aromatic carbocycles. The quantitative estimate of drug-likeness (QED) is 0.361. The van der Waals surface area contributed by atoms with Gasteiger partial charge in [0.2, 0.25) is 10.0 Å². The zero-order valence-electron chi connectivity index (χ0n) is 20.0. The van der Waals surface area contributed by atoms with Crippen LogP contribution in [-0.2, 0) is 23.1 Å². The highest BCUT2D eigenvalue weighted by Crippen LogP contribution is 2.29. The minimum Gasteiger partial charge on any atom is -0.372 e. The van der Waals surface area contributed by atoms with Gasteiger partial charge in [0.25, 0.3) is 5.91 Å². The molecule has 0 aromatic heterocycles. The van der Waals surface area contributed by atoms with Crippen molar-refractivity contribution in [1.29, 1.82) is 0 Å². The van der Waals surface area contributed by atoms with Gasteiger partial charge in [-0.05, 0) is 67.9 Å². The molecule has 0 fully saturated rings. The van der Waals surface area contributed by atoms with Crippen molar-refractivity contribution in [3.05, 3.63) is 93.5 Å². The van der Waals surface area contributed by atoms with E-state index in [4.69, 9.17) is 23.2 Å². The molecule has 1 N–H and O–H groups in total. The highest BCUT2D eigenvalue weighted by atomic mass is 35.5. The molecule has 0 unspecified atom stereocenters. The van der Waals surface area contributed by atoms with Crippen LogP contribution in [0.25, 0.3) is 0 Å². The molecule has 0 spiro atoms. The van der Waals surface area contributed by atoms with E-state index in [1.807, 2.05) is 24.3 Å². The topological polar surface area (TPSA) is 69.7 Å². The fourth-order valence-corrected chi connectivity index (χ4v) is 5.09. The number of sulfonamides is 1. The zero-order valence-corrected chi connectivity index (χ0v) is 22.3. The van der Waals surface area contributed by atoms with Crippen molar-refractivity contribution in [2.45, 2.75) is 26.9 Å². The molecule has 35 heavy (non-hydrogen) atoms. The van der Waals surface area contributed by atoms with Crippen LogP contribution < -0.4 is 14.5 Å². The van der Waals surface area contributed by atoms with Crippen LogP contribution >= 0.6 is 23.2 Å². The molecule has 0 atom stereocenters. The van der Waals surface area contributed by atoms with Gasteiger partial charge in [-0.25, -0.2) is 8.42 Å². The fraction of sp³-hybridized carbons (Fsp3) is 0.269. The fourth-order valence-electron chi connectivity index (χ4n) is 3.70. The van der Waals surface area contributed by atoms with Gasteiger partial charge >= 0.3 is 0 Å². The number of nitrogens with one attached hydrogen (secondary N) is 1. The van der Waals surface area contributed by atoms with Gasteiger partial charge in [0, 0.05) is 46.5 Å². The summed E-state index contributed by atoms with van der Waals surface area (Å²) in [6.07, 6.45) is 1.11. The van der Waals surface area contributed by atoms with Gasteiger partial charge in [0.05, 0.1) is 18.5 Å². The zero-order chi connectivity index (χ0) is 25.6. The monoisotopic (exact) mass is 533 g/mol. The lowest BCUT2D eigenvalue weighted by molar-refractivity contribution is 0.0951. The van der Waals surface area contributed by atoms with Crippen LogP contribution in [0.15, 0.2) is 66.7 Å². The number of amides is 1. The lowest BCUT2D eigenvalue weighted by Gasteiger charge is -2.23. The van der Waals surface area contributed by atoms with Crippen LogP contribution in [0.4, 0.5) is 11.4 Å². The van der Waals surface area contributed by atoms with E-state index in [2.05, 4.69) is 24.1 Å². The molecule has 0 aliphatic rings. The van der Waals surface area contributed by atoms with Crippen molar-refractivity contribution in [3.8, 4) is 0 Å². The van der Waals surface area contributed by atoms with Crippen molar-refractivity contribution in [3.63, 3.8) is 0 Å². The molecule has 0 aliphatic heterocycles. The molecule has 0 bridgehead atoms. The number of nitrogens with zero attached hydrogens (tertiary/aromatic N) is 2. The third kappa shape index (κ3) is 6.90. The maximum Gasteiger partial charge on any atom is 0.251 e. The second-order valence-electron chi connectivity index (χ2n) is 8.04. The Hall–Kier alpha value is -2.74. The predicted molar refractivity (Wildman–Crippen MR) is 145 cm³/mol. The smallest absolute Gasteiger partial charge is 0.251 e. The first-order valence-corrected chi connectivity index (χ1v) is 13.9. The van der Waals surface area contributed by atoms with Crippen molar-refractivity contribution < 1.29 is 13.2 Å². The number of hydrogen-bond donors (Lipinski definition) is 1. The van der Waals surface area contributed by atoms with E-state index in [9.17, 15) is 13.2 Å². The van der Waals surface area contributed by atoms with Crippen LogP contribution in [-0.4, -0.2) is 33.7 Å². The van der Waals surface area contributed by atoms with Crippen molar-refractivity contribution >= 4 is 50.5 Å². The molecular weight excluding hydrogens is 505 g/mol. The Morgan fingerprint density at radius 3 is 1.91 bits per heavy atom. The molecule has 3 rings (SSSR count).